The smallest absolute Gasteiger partial charge is 0.418 e. The van der Waals surface area contributed by atoms with Gasteiger partial charge in [0.25, 0.3) is 5.56 Å². The molecule has 0 spiro atoms. The number of halogens is 4. The number of carboxylic acid groups (broad SMARTS) is 1. The van der Waals surface area contributed by atoms with E-state index in [1.54, 1.807) is 46.9 Å². The normalized spacial score (nSPS) is 16.5. The van der Waals surface area contributed by atoms with Gasteiger partial charge in [0.05, 0.1) is 35.3 Å². The third-order valence-corrected chi connectivity index (χ3v) is 6.02. The van der Waals surface area contributed by atoms with Crippen molar-refractivity contribution in [2.24, 2.45) is 0 Å². The second-order valence-corrected chi connectivity index (χ2v) is 8.54. The van der Waals surface area contributed by atoms with Crippen molar-refractivity contribution in [3.8, 4) is 11.4 Å². The number of methoxy groups -OCH3 is 1. The van der Waals surface area contributed by atoms with Gasteiger partial charge in [-0.25, -0.2) is 9.78 Å². The summed E-state index contributed by atoms with van der Waals surface area (Å²) >= 11 is 1.73. The van der Waals surface area contributed by atoms with E-state index in [0.717, 1.165) is 11.0 Å². The van der Waals surface area contributed by atoms with Gasteiger partial charge in [0.2, 0.25) is 0 Å². The first-order valence-corrected chi connectivity index (χ1v) is 10.7. The summed E-state index contributed by atoms with van der Waals surface area (Å²) in [5.41, 5.74) is -1.86. The highest BCUT2D eigenvalue weighted by Gasteiger charge is 2.37. The van der Waals surface area contributed by atoms with E-state index in [-0.39, 0.29) is 21.3 Å². The van der Waals surface area contributed by atoms with E-state index in [2.05, 4.69) is 4.98 Å². The van der Waals surface area contributed by atoms with Crippen LogP contribution in [0.2, 0.25) is 0 Å². The Morgan fingerprint density at radius 2 is 1.94 bits per heavy atom. The molecule has 7 nitrogen and oxygen atoms in total. The lowest BCUT2D eigenvalue weighted by atomic mass is 10.1. The molecule has 1 aromatic heterocycles. The van der Waals surface area contributed by atoms with E-state index < -0.39 is 35.0 Å². The molecule has 1 atom stereocenters. The molecule has 2 heterocycles. The number of benzene rings is 2. The molecule has 0 bridgehead atoms. The zero-order valence-corrected chi connectivity index (χ0v) is 18.8. The van der Waals surface area contributed by atoms with E-state index in [1.165, 1.54) is 17.7 Å². The van der Waals surface area contributed by atoms with Crippen molar-refractivity contribution < 1.29 is 27.8 Å². The summed E-state index contributed by atoms with van der Waals surface area (Å²) < 4.78 is 47.9. The van der Waals surface area contributed by atoms with Gasteiger partial charge in [-0.3, -0.25) is 14.3 Å². The molecule has 1 N–H and O–H groups in total. The van der Waals surface area contributed by atoms with Gasteiger partial charge in [-0.05, 0) is 71.8 Å². The van der Waals surface area contributed by atoms with E-state index in [9.17, 15) is 27.9 Å². The standard InChI is InChI=1S/C21H17F3IN3O4/c1-32-13-6-4-12(5-7-13)28-18(16-3-2-8-27(16)20(30)31)26-17-14(19(28)29)9-11(25)10-15(17)21(22,23)24/h4-7,9-10,16H,2-3,8H2,1H3,(H,30,31). The van der Waals surface area contributed by atoms with Gasteiger partial charge >= 0.3 is 12.3 Å². The predicted molar refractivity (Wildman–Crippen MR) is 118 cm³/mol. The number of ether oxygens (including phenoxy) is 1. The van der Waals surface area contributed by atoms with Gasteiger partial charge in [-0.2, -0.15) is 13.2 Å². The summed E-state index contributed by atoms with van der Waals surface area (Å²) in [7, 11) is 1.48. The molecule has 0 aliphatic carbocycles. The second kappa shape index (κ2) is 8.26. The molecule has 1 aliphatic rings. The third kappa shape index (κ3) is 3.89. The van der Waals surface area contributed by atoms with Gasteiger partial charge in [0, 0.05) is 10.1 Å². The maximum atomic E-state index is 13.8. The topological polar surface area (TPSA) is 84.7 Å². The molecule has 3 aromatic rings. The number of fused-ring (bicyclic) bond motifs is 1. The molecule has 0 radical (unpaired) electrons. The number of aromatic nitrogens is 2. The van der Waals surface area contributed by atoms with Crippen LogP contribution in [0.4, 0.5) is 18.0 Å². The highest BCUT2D eigenvalue weighted by Crippen LogP contribution is 2.37. The highest BCUT2D eigenvalue weighted by molar-refractivity contribution is 14.1. The number of likely N-dealkylation sites (tertiary alicyclic amines) is 1. The van der Waals surface area contributed by atoms with E-state index in [0.29, 0.717) is 24.3 Å². The van der Waals surface area contributed by atoms with Gasteiger partial charge < -0.3 is 9.84 Å². The Morgan fingerprint density at radius 1 is 1.25 bits per heavy atom. The monoisotopic (exact) mass is 559 g/mol. The van der Waals surface area contributed by atoms with Crippen molar-refractivity contribution in [2.45, 2.75) is 25.1 Å². The predicted octanol–water partition coefficient (Wildman–Crippen LogP) is 4.83. The van der Waals surface area contributed by atoms with Crippen LogP contribution in [0, 0.1) is 3.57 Å². The maximum absolute atomic E-state index is 13.8. The quantitative estimate of drug-likeness (QED) is 0.465. The van der Waals surface area contributed by atoms with Crippen LogP contribution >= 0.6 is 22.6 Å². The molecule has 168 valence electrons. The van der Waals surface area contributed by atoms with Crippen LogP contribution in [0.25, 0.3) is 16.6 Å². The zero-order valence-electron chi connectivity index (χ0n) is 16.7. The number of carbonyl (C=O) groups is 1. The van der Waals surface area contributed by atoms with Crippen molar-refractivity contribution in [2.75, 3.05) is 13.7 Å². The first-order chi connectivity index (χ1) is 15.1. The SMILES string of the molecule is COc1ccc(-n2c(C3CCCN3C(=O)O)nc3c(C(F)(F)F)cc(I)cc3c2=O)cc1. The third-order valence-electron chi connectivity index (χ3n) is 5.40. The Balaban J connectivity index is 2.09. The first kappa shape index (κ1) is 22.4. The summed E-state index contributed by atoms with van der Waals surface area (Å²) in [6, 6.07) is 7.80. The summed E-state index contributed by atoms with van der Waals surface area (Å²) in [6.07, 6.45) is -5.11. The minimum absolute atomic E-state index is 0.0423. The number of hydrogen-bond donors (Lipinski definition) is 1. The first-order valence-electron chi connectivity index (χ1n) is 9.59. The van der Waals surface area contributed by atoms with E-state index in [4.69, 9.17) is 4.74 Å². The Hall–Kier alpha value is -2.83. The highest BCUT2D eigenvalue weighted by atomic mass is 127. The lowest BCUT2D eigenvalue weighted by Gasteiger charge is -2.25. The molecule has 11 heteroatoms. The van der Waals surface area contributed by atoms with E-state index >= 15 is 0 Å². The second-order valence-electron chi connectivity index (χ2n) is 7.29. The van der Waals surface area contributed by atoms with Crippen LogP contribution in [-0.2, 0) is 6.18 Å². The summed E-state index contributed by atoms with van der Waals surface area (Å²) in [5, 5.41) is 9.40. The lowest BCUT2D eigenvalue weighted by molar-refractivity contribution is -0.136. The molecule has 1 fully saturated rings. The maximum Gasteiger partial charge on any atom is 0.418 e. The lowest BCUT2D eigenvalue weighted by Crippen LogP contribution is -2.34. The van der Waals surface area contributed by atoms with Gasteiger partial charge in [-0.1, -0.05) is 0 Å². The van der Waals surface area contributed by atoms with Gasteiger partial charge in [-0.15, -0.1) is 0 Å². The molecular weight excluding hydrogens is 542 g/mol. The van der Waals surface area contributed by atoms with Crippen LogP contribution in [0.5, 0.6) is 5.75 Å². The minimum Gasteiger partial charge on any atom is -0.497 e. The van der Waals surface area contributed by atoms with Crippen LogP contribution in [0.3, 0.4) is 0 Å². The van der Waals surface area contributed by atoms with Crippen molar-refractivity contribution in [1.29, 1.82) is 0 Å². The van der Waals surface area contributed by atoms with Crippen LogP contribution in [-0.4, -0.2) is 39.3 Å². The van der Waals surface area contributed by atoms with E-state index in [1.807, 2.05) is 0 Å². The molecule has 32 heavy (non-hydrogen) atoms. The number of amides is 1. The Kier molecular flexibility index (Phi) is 5.77. The Labute approximate surface area is 193 Å². The molecular formula is C21H17F3IN3O4. The molecule has 0 saturated carbocycles. The molecule has 1 unspecified atom stereocenters. The molecule has 4 rings (SSSR count). The van der Waals surface area contributed by atoms with Crippen molar-refractivity contribution in [1.82, 2.24) is 14.5 Å². The van der Waals surface area contributed by atoms with Crippen LogP contribution < -0.4 is 10.3 Å². The van der Waals surface area contributed by atoms with Crippen LogP contribution in [0.15, 0.2) is 41.2 Å². The number of nitrogens with zero attached hydrogens (tertiary/aromatic N) is 3. The van der Waals surface area contributed by atoms with Crippen LogP contribution in [0.1, 0.15) is 30.3 Å². The number of hydrogen-bond acceptors (Lipinski definition) is 4. The Bertz CT molecular complexity index is 1260. The van der Waals surface area contributed by atoms with Gasteiger partial charge in [0.1, 0.15) is 11.6 Å². The van der Waals surface area contributed by atoms with Crippen molar-refractivity contribution in [3.05, 3.63) is 61.7 Å². The minimum atomic E-state index is -4.73. The fourth-order valence-corrected chi connectivity index (χ4v) is 4.58. The van der Waals surface area contributed by atoms with Crippen molar-refractivity contribution in [3.63, 3.8) is 0 Å². The fraction of sp³-hybridized carbons (Fsp3) is 0.286. The molecule has 1 saturated heterocycles. The fourth-order valence-electron chi connectivity index (χ4n) is 3.96. The summed E-state index contributed by atoms with van der Waals surface area (Å²) in [4.78, 5) is 30.7. The molecule has 2 aromatic carbocycles. The van der Waals surface area contributed by atoms with Gasteiger partial charge in [0.15, 0.2) is 0 Å². The summed E-state index contributed by atoms with van der Waals surface area (Å²) in [5.74, 6) is 0.485. The average molecular weight is 559 g/mol. The number of rotatable bonds is 3. The largest absolute Gasteiger partial charge is 0.497 e. The Morgan fingerprint density at radius 3 is 2.53 bits per heavy atom. The summed E-state index contributed by atoms with van der Waals surface area (Å²) in [6.45, 7) is 0.204. The molecule has 1 aliphatic heterocycles. The number of alkyl halides is 3. The molecule has 1 amide bonds. The zero-order chi connectivity index (χ0) is 23.2. The average Bonchev–Trinajstić information content (AvgIpc) is 3.23. The van der Waals surface area contributed by atoms with Crippen molar-refractivity contribution >= 4 is 39.6 Å².